The molecule has 3 nitrogen and oxygen atoms in total. The summed E-state index contributed by atoms with van der Waals surface area (Å²) in [5.74, 6) is -1.82. The normalized spacial score (nSPS) is 16.3. The Morgan fingerprint density at radius 2 is 1.81 bits per heavy atom. The van der Waals surface area contributed by atoms with Crippen molar-refractivity contribution in [3.8, 4) is 5.75 Å². The fourth-order valence-corrected chi connectivity index (χ4v) is 3.72. The molecule has 2 aromatic rings. The maximum atomic E-state index is 14.1. The second-order valence-corrected chi connectivity index (χ2v) is 6.42. The van der Waals surface area contributed by atoms with Crippen LogP contribution in [0, 0.1) is 5.82 Å². The van der Waals surface area contributed by atoms with Crippen LogP contribution in [0.4, 0.5) is 17.6 Å². The predicted molar refractivity (Wildman–Crippen MR) is 98.2 cm³/mol. The van der Waals surface area contributed by atoms with E-state index in [1.807, 2.05) is 17.5 Å². The van der Waals surface area contributed by atoms with Gasteiger partial charge in [0.2, 0.25) is 0 Å². The zero-order valence-electron chi connectivity index (χ0n) is 13.5. The van der Waals surface area contributed by atoms with Crippen molar-refractivity contribution in [1.82, 2.24) is 10.2 Å². The lowest BCUT2D eigenvalue weighted by molar-refractivity contribution is -0.275. The fraction of sp³-hybridized carbons (Fsp3) is 0.375. The van der Waals surface area contributed by atoms with E-state index >= 15 is 0 Å². The lowest BCUT2D eigenvalue weighted by Gasteiger charge is -2.34. The summed E-state index contributed by atoms with van der Waals surface area (Å²) in [6.07, 6.45) is -4.91. The van der Waals surface area contributed by atoms with E-state index in [2.05, 4.69) is 15.0 Å². The molecule has 1 aromatic heterocycles. The maximum absolute atomic E-state index is 14.1. The first-order chi connectivity index (χ1) is 11.4. The number of ether oxygens (including phenoxy) is 1. The van der Waals surface area contributed by atoms with Gasteiger partial charge in [0.1, 0.15) is 0 Å². The lowest BCUT2D eigenvalue weighted by Crippen LogP contribution is -2.45. The quantitative estimate of drug-likeness (QED) is 0.713. The summed E-state index contributed by atoms with van der Waals surface area (Å²) in [4.78, 5) is 3.22. The third-order valence-corrected chi connectivity index (χ3v) is 4.75. The van der Waals surface area contributed by atoms with Gasteiger partial charge in [0.15, 0.2) is 11.6 Å². The van der Waals surface area contributed by atoms with Gasteiger partial charge in [0.05, 0.1) is 6.04 Å². The molecule has 3 rings (SSSR count). The van der Waals surface area contributed by atoms with Crippen LogP contribution in [-0.4, -0.2) is 37.4 Å². The molecule has 10 heteroatoms. The molecule has 1 fully saturated rings. The highest BCUT2D eigenvalue weighted by Gasteiger charge is 2.33. The summed E-state index contributed by atoms with van der Waals surface area (Å²) in [5.41, 5.74) is 0.617. The van der Waals surface area contributed by atoms with E-state index in [-0.39, 0.29) is 30.9 Å². The zero-order valence-corrected chi connectivity index (χ0v) is 15.9. The average Bonchev–Trinajstić information content (AvgIpc) is 3.04. The summed E-state index contributed by atoms with van der Waals surface area (Å²) in [6, 6.07) is 7.36. The van der Waals surface area contributed by atoms with Crippen LogP contribution < -0.4 is 10.1 Å². The molecule has 0 saturated carbocycles. The molecule has 0 unspecified atom stereocenters. The summed E-state index contributed by atoms with van der Waals surface area (Å²) < 4.78 is 54.7. The Kier molecular flexibility index (Phi) is 8.62. The highest BCUT2D eigenvalue weighted by Crippen LogP contribution is 2.35. The van der Waals surface area contributed by atoms with Crippen LogP contribution in [0.25, 0.3) is 0 Å². The topological polar surface area (TPSA) is 24.5 Å². The second-order valence-electron chi connectivity index (χ2n) is 5.44. The van der Waals surface area contributed by atoms with E-state index in [1.165, 1.54) is 6.07 Å². The molecule has 0 radical (unpaired) electrons. The Morgan fingerprint density at radius 3 is 2.35 bits per heavy atom. The van der Waals surface area contributed by atoms with E-state index in [0.29, 0.717) is 5.56 Å². The molecule has 146 valence electrons. The van der Waals surface area contributed by atoms with Crippen molar-refractivity contribution in [2.45, 2.75) is 12.4 Å². The summed E-state index contributed by atoms with van der Waals surface area (Å²) in [7, 11) is 0. The molecule has 1 aliphatic heterocycles. The van der Waals surface area contributed by atoms with Crippen molar-refractivity contribution in [2.75, 3.05) is 26.2 Å². The first kappa shape index (κ1) is 23.0. The number of alkyl halides is 3. The van der Waals surface area contributed by atoms with Crippen LogP contribution in [-0.2, 0) is 0 Å². The van der Waals surface area contributed by atoms with Crippen LogP contribution in [0.2, 0.25) is 0 Å². The first-order valence-electron chi connectivity index (χ1n) is 7.47. The van der Waals surface area contributed by atoms with E-state index < -0.39 is 17.9 Å². The van der Waals surface area contributed by atoms with Crippen molar-refractivity contribution in [1.29, 1.82) is 0 Å². The molecular formula is C16H18Cl2F4N2OS. The number of hydrogen-bond donors (Lipinski definition) is 1. The van der Waals surface area contributed by atoms with Crippen LogP contribution >= 0.6 is 36.2 Å². The van der Waals surface area contributed by atoms with Crippen LogP contribution in [0.3, 0.4) is 0 Å². The number of benzene rings is 1. The van der Waals surface area contributed by atoms with Crippen molar-refractivity contribution < 1.29 is 22.3 Å². The van der Waals surface area contributed by atoms with Crippen molar-refractivity contribution in [2.24, 2.45) is 0 Å². The van der Waals surface area contributed by atoms with Crippen molar-refractivity contribution in [3.05, 3.63) is 52.0 Å². The van der Waals surface area contributed by atoms with Gasteiger partial charge in [0.25, 0.3) is 0 Å². The van der Waals surface area contributed by atoms with Gasteiger partial charge in [0, 0.05) is 31.1 Å². The molecule has 1 aromatic carbocycles. The van der Waals surface area contributed by atoms with Crippen molar-refractivity contribution in [3.63, 3.8) is 0 Å². The molecule has 1 N–H and O–H groups in total. The molecule has 1 aliphatic rings. The van der Waals surface area contributed by atoms with Crippen LogP contribution in [0.5, 0.6) is 5.75 Å². The van der Waals surface area contributed by atoms with Gasteiger partial charge in [-0.05, 0) is 29.1 Å². The zero-order chi connectivity index (χ0) is 17.2. The summed E-state index contributed by atoms with van der Waals surface area (Å²) in [5, 5.41) is 5.19. The first-order valence-corrected chi connectivity index (χ1v) is 8.35. The number of rotatable bonds is 4. The monoisotopic (exact) mass is 432 g/mol. The Hall–Kier alpha value is -1.06. The SMILES string of the molecule is Cl.Cl.Fc1cc([C@@H](c2cccs2)N2CCNCC2)ccc1OC(F)(F)F. The molecule has 26 heavy (non-hydrogen) atoms. The van der Waals surface area contributed by atoms with Gasteiger partial charge in [-0.2, -0.15) is 0 Å². The Balaban J connectivity index is 0.00000169. The maximum Gasteiger partial charge on any atom is 0.573 e. The van der Waals surface area contributed by atoms with E-state index in [0.717, 1.165) is 43.2 Å². The standard InChI is InChI=1S/C16H16F4N2OS.2ClH/c17-12-10-11(3-4-13(12)23-16(18,19)20)15(14-2-1-9-24-14)22-7-5-21-6-8-22;;/h1-4,9-10,15,21H,5-8H2;2*1H/t15-;;/m0../s1. The van der Waals surface area contributed by atoms with E-state index in [4.69, 9.17) is 0 Å². The number of thiophene rings is 1. The minimum absolute atomic E-state index is 0. The van der Waals surface area contributed by atoms with Gasteiger partial charge in [-0.15, -0.1) is 49.3 Å². The third kappa shape index (κ3) is 5.72. The highest BCUT2D eigenvalue weighted by atomic mass is 35.5. The average molecular weight is 433 g/mol. The molecule has 0 spiro atoms. The predicted octanol–water partition coefficient (Wildman–Crippen LogP) is 4.62. The number of piperazine rings is 1. The van der Waals surface area contributed by atoms with Gasteiger partial charge in [-0.3, -0.25) is 4.90 Å². The summed E-state index contributed by atoms with van der Waals surface area (Å²) >= 11 is 1.54. The number of nitrogens with one attached hydrogen (secondary N) is 1. The fourth-order valence-electron chi connectivity index (χ4n) is 2.84. The molecule has 1 atom stereocenters. The number of halogens is 6. The largest absolute Gasteiger partial charge is 0.573 e. The Labute approximate surface area is 165 Å². The van der Waals surface area contributed by atoms with Crippen LogP contribution in [0.1, 0.15) is 16.5 Å². The van der Waals surface area contributed by atoms with Gasteiger partial charge < -0.3 is 10.1 Å². The van der Waals surface area contributed by atoms with Gasteiger partial charge in [-0.25, -0.2) is 4.39 Å². The minimum Gasteiger partial charge on any atom is -0.403 e. The van der Waals surface area contributed by atoms with Gasteiger partial charge >= 0.3 is 6.36 Å². The molecule has 2 heterocycles. The molecular weight excluding hydrogens is 415 g/mol. The van der Waals surface area contributed by atoms with Crippen LogP contribution in [0.15, 0.2) is 35.7 Å². The molecule has 1 saturated heterocycles. The highest BCUT2D eigenvalue weighted by molar-refractivity contribution is 7.10. The third-order valence-electron chi connectivity index (χ3n) is 3.83. The molecule has 0 amide bonds. The Bertz CT molecular complexity index is 679. The second kappa shape index (κ2) is 9.75. The molecule has 0 bridgehead atoms. The smallest absolute Gasteiger partial charge is 0.403 e. The molecule has 0 aliphatic carbocycles. The summed E-state index contributed by atoms with van der Waals surface area (Å²) in [6.45, 7) is 3.20. The van der Waals surface area contributed by atoms with E-state index in [9.17, 15) is 17.6 Å². The van der Waals surface area contributed by atoms with Crippen molar-refractivity contribution >= 4 is 36.2 Å². The lowest BCUT2D eigenvalue weighted by atomic mass is 10.0. The number of hydrogen-bond acceptors (Lipinski definition) is 4. The van der Waals surface area contributed by atoms with E-state index in [1.54, 1.807) is 11.3 Å². The minimum atomic E-state index is -4.91. The Morgan fingerprint density at radius 1 is 1.12 bits per heavy atom. The number of nitrogens with zero attached hydrogens (tertiary/aromatic N) is 1. The van der Waals surface area contributed by atoms with Gasteiger partial charge in [-0.1, -0.05) is 12.1 Å².